The van der Waals surface area contributed by atoms with Gasteiger partial charge in [-0.3, -0.25) is 25.3 Å². The number of ketones is 1. The molecular weight excluding hydrogens is 300 g/mol. The number of aromatic hydroxyl groups is 1. The fourth-order valence-corrected chi connectivity index (χ4v) is 1.81. The number of hydrazone groups is 1. The molecule has 0 atom stereocenters. The highest BCUT2D eigenvalue weighted by Crippen LogP contribution is 2.27. The first kappa shape index (κ1) is 18.3. The summed E-state index contributed by atoms with van der Waals surface area (Å²) in [7, 11) is 0. The molecule has 0 unspecified atom stereocenters. The largest absolute Gasteiger partial charge is 0.506 e. The summed E-state index contributed by atoms with van der Waals surface area (Å²) < 4.78 is 0. The molecule has 0 aliphatic heterocycles. The SMILES string of the molecule is CC(=O)/C(=N\Nc1cc([N+](=O)[O-])ccc1O)C(C)=NC(C)(C)C. The highest BCUT2D eigenvalue weighted by atomic mass is 16.6. The Morgan fingerprint density at radius 3 is 2.39 bits per heavy atom. The molecule has 0 saturated heterocycles. The Hall–Kier alpha value is -2.77. The van der Waals surface area contributed by atoms with Crippen molar-refractivity contribution in [3.63, 3.8) is 0 Å². The highest BCUT2D eigenvalue weighted by Gasteiger charge is 2.16. The van der Waals surface area contributed by atoms with Crippen LogP contribution in [-0.4, -0.2) is 32.8 Å². The minimum Gasteiger partial charge on any atom is -0.506 e. The van der Waals surface area contributed by atoms with E-state index in [-0.39, 0.29) is 34.2 Å². The van der Waals surface area contributed by atoms with Crippen molar-refractivity contribution in [3.8, 4) is 5.75 Å². The molecular formula is C15H20N4O4. The predicted molar refractivity (Wildman–Crippen MR) is 89.4 cm³/mol. The summed E-state index contributed by atoms with van der Waals surface area (Å²) in [6.07, 6.45) is 0. The summed E-state index contributed by atoms with van der Waals surface area (Å²) in [5.74, 6) is -0.527. The van der Waals surface area contributed by atoms with Crippen LogP contribution >= 0.6 is 0 Å². The Bertz CT molecular complexity index is 687. The van der Waals surface area contributed by atoms with Crippen LogP contribution in [0.25, 0.3) is 0 Å². The second kappa shape index (κ2) is 6.99. The lowest BCUT2D eigenvalue weighted by Crippen LogP contribution is -2.24. The minimum absolute atomic E-state index is 0.0292. The van der Waals surface area contributed by atoms with Gasteiger partial charge in [0.1, 0.15) is 17.1 Å². The van der Waals surface area contributed by atoms with E-state index in [9.17, 15) is 20.0 Å². The number of nitrogens with zero attached hydrogens (tertiary/aromatic N) is 3. The Morgan fingerprint density at radius 2 is 1.91 bits per heavy atom. The molecule has 0 heterocycles. The van der Waals surface area contributed by atoms with Gasteiger partial charge in [-0.05, 0) is 33.8 Å². The number of nitrogens with one attached hydrogen (secondary N) is 1. The van der Waals surface area contributed by atoms with Gasteiger partial charge >= 0.3 is 0 Å². The van der Waals surface area contributed by atoms with Crippen LogP contribution in [0.1, 0.15) is 34.6 Å². The van der Waals surface area contributed by atoms with E-state index < -0.39 is 4.92 Å². The van der Waals surface area contributed by atoms with E-state index in [1.165, 1.54) is 19.1 Å². The first-order chi connectivity index (χ1) is 10.5. The van der Waals surface area contributed by atoms with Crippen molar-refractivity contribution in [1.29, 1.82) is 0 Å². The number of carbonyl (C=O) groups is 1. The van der Waals surface area contributed by atoms with Crippen LogP contribution in [0.15, 0.2) is 28.3 Å². The lowest BCUT2D eigenvalue weighted by Gasteiger charge is -2.14. The number of Topliss-reactive ketones (excluding diaryl/α,β-unsaturated/α-hetero) is 1. The monoisotopic (exact) mass is 320 g/mol. The molecule has 8 heteroatoms. The van der Waals surface area contributed by atoms with Gasteiger partial charge in [-0.2, -0.15) is 5.10 Å². The van der Waals surface area contributed by atoms with Gasteiger partial charge in [0.2, 0.25) is 0 Å². The second-order valence-electron chi connectivity index (χ2n) is 5.95. The topological polar surface area (TPSA) is 117 Å². The summed E-state index contributed by atoms with van der Waals surface area (Å²) in [4.78, 5) is 26.3. The molecule has 1 rings (SSSR count). The third-order valence-electron chi connectivity index (χ3n) is 2.66. The molecule has 0 aromatic heterocycles. The maximum Gasteiger partial charge on any atom is 0.271 e. The molecule has 2 N–H and O–H groups in total. The number of rotatable bonds is 5. The first-order valence-electron chi connectivity index (χ1n) is 6.90. The fourth-order valence-electron chi connectivity index (χ4n) is 1.81. The lowest BCUT2D eigenvalue weighted by atomic mass is 10.1. The molecule has 8 nitrogen and oxygen atoms in total. The van der Waals surface area contributed by atoms with Gasteiger partial charge in [0.25, 0.3) is 5.69 Å². The van der Waals surface area contributed by atoms with Crippen LogP contribution in [-0.2, 0) is 4.79 Å². The average Bonchev–Trinajstić information content (AvgIpc) is 2.38. The molecule has 0 radical (unpaired) electrons. The van der Waals surface area contributed by atoms with E-state index in [2.05, 4.69) is 15.5 Å². The van der Waals surface area contributed by atoms with Crippen molar-refractivity contribution in [1.82, 2.24) is 0 Å². The van der Waals surface area contributed by atoms with Crippen molar-refractivity contribution in [2.45, 2.75) is 40.2 Å². The minimum atomic E-state index is -0.591. The number of carbonyl (C=O) groups excluding carboxylic acids is 1. The van der Waals surface area contributed by atoms with E-state index in [1.54, 1.807) is 6.92 Å². The van der Waals surface area contributed by atoms with Gasteiger partial charge < -0.3 is 5.11 Å². The number of aliphatic imine (C=N–C) groups is 1. The Kier molecular flexibility index (Phi) is 5.56. The van der Waals surface area contributed by atoms with E-state index >= 15 is 0 Å². The second-order valence-corrected chi connectivity index (χ2v) is 5.95. The van der Waals surface area contributed by atoms with Gasteiger partial charge in [-0.15, -0.1) is 0 Å². The van der Waals surface area contributed by atoms with Crippen LogP contribution in [0.2, 0.25) is 0 Å². The van der Waals surface area contributed by atoms with Gasteiger partial charge in [0, 0.05) is 19.1 Å². The average molecular weight is 320 g/mol. The number of nitro benzene ring substituents is 1. The normalized spacial score (nSPS) is 12.9. The van der Waals surface area contributed by atoms with Crippen LogP contribution in [0.4, 0.5) is 11.4 Å². The summed E-state index contributed by atoms with van der Waals surface area (Å²) in [6, 6.07) is 3.48. The van der Waals surface area contributed by atoms with Gasteiger partial charge in [0.15, 0.2) is 5.78 Å². The molecule has 1 aromatic carbocycles. The van der Waals surface area contributed by atoms with Crippen molar-refractivity contribution >= 4 is 28.6 Å². The summed E-state index contributed by atoms with van der Waals surface area (Å²) in [6.45, 7) is 8.65. The molecule has 23 heavy (non-hydrogen) atoms. The van der Waals surface area contributed by atoms with E-state index in [0.717, 1.165) is 6.07 Å². The number of nitro groups is 1. The number of hydrogen-bond acceptors (Lipinski definition) is 7. The van der Waals surface area contributed by atoms with E-state index in [0.29, 0.717) is 5.71 Å². The summed E-state index contributed by atoms with van der Waals surface area (Å²) in [5, 5.41) is 24.4. The zero-order chi connectivity index (χ0) is 17.8. The van der Waals surface area contributed by atoms with Gasteiger partial charge in [0.05, 0.1) is 16.2 Å². The number of benzene rings is 1. The molecule has 0 amide bonds. The fraction of sp³-hybridized carbons (Fsp3) is 0.400. The molecule has 0 aliphatic rings. The molecule has 0 fully saturated rings. The smallest absolute Gasteiger partial charge is 0.271 e. The van der Waals surface area contributed by atoms with Crippen LogP contribution in [0.5, 0.6) is 5.75 Å². The molecule has 0 aliphatic carbocycles. The molecule has 0 saturated carbocycles. The maximum absolute atomic E-state index is 11.7. The van der Waals surface area contributed by atoms with Crippen LogP contribution < -0.4 is 5.43 Å². The molecule has 0 bridgehead atoms. The zero-order valence-corrected chi connectivity index (χ0v) is 13.7. The van der Waals surface area contributed by atoms with Crippen molar-refractivity contribution in [3.05, 3.63) is 28.3 Å². The van der Waals surface area contributed by atoms with Crippen LogP contribution in [0.3, 0.4) is 0 Å². The standard InChI is InChI=1S/C15H20N4O4/c1-9(16-15(3,4)5)14(10(2)20)18-17-12-8-11(19(22)23)6-7-13(12)21/h6-8,17,21H,1-5H3/b16-9?,18-14-. The predicted octanol–water partition coefficient (Wildman–Crippen LogP) is 2.92. The van der Waals surface area contributed by atoms with Crippen molar-refractivity contribution in [2.24, 2.45) is 10.1 Å². The quantitative estimate of drug-likeness (QED) is 0.374. The number of anilines is 1. The van der Waals surface area contributed by atoms with Crippen molar-refractivity contribution < 1.29 is 14.8 Å². The van der Waals surface area contributed by atoms with Gasteiger partial charge in [-0.25, -0.2) is 0 Å². The Labute approximate surface area is 134 Å². The third kappa shape index (κ3) is 5.50. The summed E-state index contributed by atoms with van der Waals surface area (Å²) >= 11 is 0. The Balaban J connectivity index is 3.17. The highest BCUT2D eigenvalue weighted by molar-refractivity contribution is 6.66. The summed E-state index contributed by atoms with van der Waals surface area (Å²) in [5.41, 5.74) is 2.45. The zero-order valence-electron chi connectivity index (χ0n) is 13.7. The van der Waals surface area contributed by atoms with E-state index in [1.807, 2.05) is 20.8 Å². The number of non-ortho nitro benzene ring substituents is 1. The molecule has 124 valence electrons. The lowest BCUT2D eigenvalue weighted by molar-refractivity contribution is -0.384. The first-order valence-corrected chi connectivity index (χ1v) is 6.90. The van der Waals surface area contributed by atoms with Crippen LogP contribution in [0, 0.1) is 10.1 Å². The van der Waals surface area contributed by atoms with Crippen molar-refractivity contribution in [2.75, 3.05) is 5.43 Å². The molecule has 0 spiro atoms. The Morgan fingerprint density at radius 1 is 1.30 bits per heavy atom. The third-order valence-corrected chi connectivity index (χ3v) is 2.66. The van der Waals surface area contributed by atoms with E-state index in [4.69, 9.17) is 0 Å². The van der Waals surface area contributed by atoms with Gasteiger partial charge in [-0.1, -0.05) is 0 Å². The number of hydrogen-bond donors (Lipinski definition) is 2. The molecule has 1 aromatic rings. The number of phenolic OH excluding ortho intramolecular Hbond substituents is 1. The number of phenols is 1. The maximum atomic E-state index is 11.7.